The first-order valence-electron chi connectivity index (χ1n) is 21.0. The first-order chi connectivity index (χ1) is 31.7. The van der Waals surface area contributed by atoms with Crippen molar-refractivity contribution in [3.63, 3.8) is 0 Å². The van der Waals surface area contributed by atoms with Crippen molar-refractivity contribution in [2.24, 2.45) is 9.98 Å². The molecule has 2 aromatic heterocycles. The van der Waals surface area contributed by atoms with Gasteiger partial charge in [-0.15, -0.1) is 22.7 Å². The van der Waals surface area contributed by atoms with E-state index >= 15 is 0 Å². The number of aromatic nitrogens is 2. The van der Waals surface area contributed by atoms with Gasteiger partial charge in [-0.05, 0) is 43.7 Å². The van der Waals surface area contributed by atoms with Gasteiger partial charge in [-0.25, -0.2) is 37.1 Å². The molecule has 352 valence electrons. The van der Waals surface area contributed by atoms with E-state index in [2.05, 4.69) is 41.5 Å². The lowest BCUT2D eigenvalue weighted by atomic mass is 9.94. The number of benzene rings is 2. The summed E-state index contributed by atoms with van der Waals surface area (Å²) >= 11 is 12.5. The van der Waals surface area contributed by atoms with Gasteiger partial charge in [0.15, 0.2) is 21.7 Å². The van der Waals surface area contributed by atoms with Crippen molar-refractivity contribution in [1.82, 2.24) is 30.4 Å². The number of thiazole rings is 2. The number of aliphatic hydroxyl groups is 2. The Kier molecular flexibility index (Phi) is 16.8. The second-order valence-corrected chi connectivity index (χ2v) is 18.7. The Balaban J connectivity index is 0.000000196. The summed E-state index contributed by atoms with van der Waals surface area (Å²) in [7, 11) is 0. The van der Waals surface area contributed by atoms with E-state index in [4.69, 9.17) is 26.1 Å². The van der Waals surface area contributed by atoms with Gasteiger partial charge in [0.1, 0.15) is 36.1 Å². The molecule has 2 aromatic carbocycles. The zero-order chi connectivity index (χ0) is 47.1. The lowest BCUT2D eigenvalue weighted by Crippen LogP contribution is -2.47. The number of amidine groups is 2. The lowest BCUT2D eigenvalue weighted by Gasteiger charge is -2.35. The molecule has 0 radical (unpaired) electrons. The van der Waals surface area contributed by atoms with Crippen molar-refractivity contribution in [3.05, 3.63) is 124 Å². The first kappa shape index (κ1) is 49.3. The molecule has 4 aliphatic rings. The number of aliphatic hydroxyl groups excluding tert-OH is 2. The monoisotopic (exact) mass is 1040 g/mol. The van der Waals surface area contributed by atoms with E-state index in [1.165, 1.54) is 46.9 Å². The van der Waals surface area contributed by atoms with Gasteiger partial charge in [-0.2, -0.15) is 0 Å². The second-order valence-electron chi connectivity index (χ2n) is 15.6. The smallest absolute Gasteiger partial charge is 0.338 e. The van der Waals surface area contributed by atoms with Crippen molar-refractivity contribution >= 4 is 73.8 Å². The Morgan fingerprint density at radius 2 is 1.21 bits per heavy atom. The maximum absolute atomic E-state index is 14.1. The molecule has 4 N–H and O–H groups in total. The molecule has 22 heteroatoms. The number of carbonyl (C=O) groups excluding carboxylic acids is 2. The fourth-order valence-corrected chi connectivity index (χ4v) is 10.0. The summed E-state index contributed by atoms with van der Waals surface area (Å²) in [6, 6.07) is 6.39. The van der Waals surface area contributed by atoms with E-state index in [1.807, 2.05) is 0 Å². The molecule has 4 aromatic rings. The van der Waals surface area contributed by atoms with E-state index in [9.17, 15) is 37.4 Å². The molecule has 0 amide bonds. The number of rotatable bonds is 12. The van der Waals surface area contributed by atoms with Crippen LogP contribution < -0.4 is 10.6 Å². The normalized spacial score (nSPS) is 23.8. The molecule has 2 saturated heterocycles. The predicted octanol–water partition coefficient (Wildman–Crippen LogP) is 6.61. The summed E-state index contributed by atoms with van der Waals surface area (Å²) in [5.41, 5.74) is 2.38. The number of hydrogen-bond donors (Lipinski definition) is 4. The minimum Gasteiger partial charge on any atom is -0.463 e. The quantitative estimate of drug-likeness (QED) is 0.0886. The van der Waals surface area contributed by atoms with Gasteiger partial charge in [-0.1, -0.05) is 39.7 Å². The number of likely N-dealkylation sites (tertiary alicyclic amines) is 2. The number of alkyl halides is 2. The van der Waals surface area contributed by atoms with E-state index < -0.39 is 60.2 Å². The first-order valence-corrected chi connectivity index (χ1v) is 23.9. The van der Waals surface area contributed by atoms with Crippen LogP contribution in [-0.4, -0.2) is 131 Å². The SMILES string of the molecule is CCOC(=O)C1=C(CN2CC(O)CC(F)C2)NC(c2nccs2)=NC1c1ccc(F)cc1Br.CCOC(=O)C1=C(CN2CC(O)CC(F)C2)NC(c2nccs2)=NC1c1ccc(F)cc1Cl. The number of halogens is 6. The summed E-state index contributed by atoms with van der Waals surface area (Å²) in [4.78, 5) is 47.7. The van der Waals surface area contributed by atoms with E-state index in [0.717, 1.165) is 6.07 Å². The van der Waals surface area contributed by atoms with Gasteiger partial charge in [-0.3, -0.25) is 19.8 Å². The molecule has 6 heterocycles. The summed E-state index contributed by atoms with van der Waals surface area (Å²) in [5.74, 6) is -1.27. The number of piperidine rings is 2. The average molecular weight is 1040 g/mol. The molecule has 0 aliphatic carbocycles. The molecule has 66 heavy (non-hydrogen) atoms. The second kappa shape index (κ2) is 22.5. The number of β-amino-alcohol motifs (C(OH)–C–C–N with tert-alkyl or cyclic N) is 2. The zero-order valence-corrected chi connectivity index (χ0v) is 39.6. The molecule has 0 spiro atoms. The minimum absolute atomic E-state index is 0.0767. The molecule has 6 unspecified atom stereocenters. The Labute approximate surface area is 399 Å². The predicted molar refractivity (Wildman–Crippen MR) is 246 cm³/mol. The highest BCUT2D eigenvalue weighted by molar-refractivity contribution is 9.10. The van der Waals surface area contributed by atoms with E-state index in [1.54, 1.807) is 52.9 Å². The summed E-state index contributed by atoms with van der Waals surface area (Å²) in [5, 5.41) is 31.4. The highest BCUT2D eigenvalue weighted by atomic mass is 79.9. The fourth-order valence-electron chi connectivity index (χ4n) is 8.03. The topological polar surface area (TPSA) is 174 Å². The van der Waals surface area contributed by atoms with Crippen molar-refractivity contribution in [2.75, 3.05) is 52.5 Å². The summed E-state index contributed by atoms with van der Waals surface area (Å²) in [6.07, 6.45) is -0.513. The molecule has 0 bridgehead atoms. The molecule has 6 atom stereocenters. The van der Waals surface area contributed by atoms with E-state index in [0.29, 0.717) is 48.7 Å². The lowest BCUT2D eigenvalue weighted by molar-refractivity contribution is -0.139. The van der Waals surface area contributed by atoms with Gasteiger partial charge < -0.3 is 30.3 Å². The van der Waals surface area contributed by atoms with Crippen molar-refractivity contribution in [2.45, 2.75) is 63.3 Å². The molecule has 2 fully saturated rings. The van der Waals surface area contributed by atoms with Crippen LogP contribution in [0.5, 0.6) is 0 Å². The maximum atomic E-state index is 14.1. The Morgan fingerprint density at radius 1 is 0.758 bits per heavy atom. The zero-order valence-electron chi connectivity index (χ0n) is 35.6. The van der Waals surface area contributed by atoms with Gasteiger partial charge in [0.2, 0.25) is 0 Å². The van der Waals surface area contributed by atoms with Crippen LogP contribution in [0.1, 0.15) is 59.9 Å². The highest BCUT2D eigenvalue weighted by Gasteiger charge is 2.38. The van der Waals surface area contributed by atoms with Crippen LogP contribution in [0.2, 0.25) is 5.02 Å². The third kappa shape index (κ3) is 12.1. The van der Waals surface area contributed by atoms with Crippen LogP contribution in [0.25, 0.3) is 0 Å². The van der Waals surface area contributed by atoms with Crippen LogP contribution in [-0.2, 0) is 19.1 Å². The molecular formula is C44H46BrClF4N8O6S2. The number of hydrogen-bond acceptors (Lipinski definition) is 16. The number of nitrogens with one attached hydrogen (secondary N) is 2. The minimum atomic E-state index is -1.18. The number of esters is 2. The summed E-state index contributed by atoms with van der Waals surface area (Å²) in [6.45, 7) is 4.78. The molecule has 14 nitrogen and oxygen atoms in total. The average Bonchev–Trinajstić information content (AvgIpc) is 4.00. The van der Waals surface area contributed by atoms with Gasteiger partial charge in [0.05, 0.1) is 36.6 Å². The number of aliphatic imine (C=N–C) groups is 2. The van der Waals surface area contributed by atoms with Crippen LogP contribution in [0.15, 0.2) is 96.5 Å². The van der Waals surface area contributed by atoms with Crippen LogP contribution in [0, 0.1) is 11.6 Å². The van der Waals surface area contributed by atoms with Crippen LogP contribution in [0.3, 0.4) is 0 Å². The molecule has 8 rings (SSSR count). The molecule has 0 saturated carbocycles. The maximum Gasteiger partial charge on any atom is 0.338 e. The number of ether oxygens (including phenoxy) is 2. The standard InChI is InChI=1S/C22H23BrF2N4O3S.C22H23ClF2N4O3S/c2*1-2-32-22(31)18-17(11-29-9-13(25)7-14(30)10-29)27-20(21-26-5-6-33-21)28-19(18)15-4-3-12(24)8-16(15)23/h2*3-6,8,13-14,19,30H,2,7,9-11H2,1H3,(H,27,28). The van der Waals surface area contributed by atoms with Gasteiger partial charge in [0.25, 0.3) is 0 Å². The van der Waals surface area contributed by atoms with E-state index in [-0.39, 0.29) is 81.5 Å². The van der Waals surface area contributed by atoms with Crippen LogP contribution in [0.4, 0.5) is 17.6 Å². The van der Waals surface area contributed by atoms with Gasteiger partial charge >= 0.3 is 11.9 Å². The summed E-state index contributed by atoms with van der Waals surface area (Å²) < 4.78 is 66.9. The highest BCUT2D eigenvalue weighted by Crippen LogP contribution is 2.39. The Hall–Kier alpha value is -4.61. The molecular weight excluding hydrogens is 992 g/mol. The Bertz CT molecular complexity index is 2310. The molecule has 4 aliphatic heterocycles. The Morgan fingerprint density at radius 3 is 1.62 bits per heavy atom. The fraction of sp³-hybridized carbons (Fsp3) is 0.409. The van der Waals surface area contributed by atoms with Crippen molar-refractivity contribution in [3.8, 4) is 0 Å². The van der Waals surface area contributed by atoms with Crippen molar-refractivity contribution in [1.29, 1.82) is 0 Å². The van der Waals surface area contributed by atoms with Crippen molar-refractivity contribution < 1.29 is 46.8 Å². The van der Waals surface area contributed by atoms with Crippen LogP contribution >= 0.6 is 50.2 Å². The largest absolute Gasteiger partial charge is 0.463 e. The van der Waals surface area contributed by atoms with Gasteiger partial charge in [0, 0.05) is 102 Å². The third-order valence-electron chi connectivity index (χ3n) is 10.7. The third-order valence-corrected chi connectivity index (χ3v) is 13.3. The number of nitrogens with zero attached hydrogens (tertiary/aromatic N) is 6. The number of carbonyl (C=O) groups is 2.